The summed E-state index contributed by atoms with van der Waals surface area (Å²) in [6.07, 6.45) is -3.96. The molecule has 1 aliphatic rings. The molecule has 7 heteroatoms. The molecular formula is C21H22N2O5. The van der Waals surface area contributed by atoms with E-state index in [0.29, 0.717) is 11.1 Å². The van der Waals surface area contributed by atoms with Crippen molar-refractivity contribution in [1.29, 1.82) is 0 Å². The number of aromatic nitrogens is 2. The third-order valence-electron chi connectivity index (χ3n) is 4.80. The minimum atomic E-state index is -2.15. The molecular weight excluding hydrogens is 360 g/mol. The van der Waals surface area contributed by atoms with Crippen molar-refractivity contribution in [1.82, 2.24) is 9.78 Å². The van der Waals surface area contributed by atoms with Crippen LogP contribution in [0.4, 0.5) is 0 Å². The standard InChI is InChI=1S/C21H22N2O5/c1-14-16(12-22-23(14)2)8-9-18-21(27,11-10-15-6-4-3-5-7-15)20(26)19(25)17(13-24)28-18/h3-7,12,17-20,24-27H,13H2,1-2H3/t17-,18-,19-,20+,21-/m1/s1. The van der Waals surface area contributed by atoms with Crippen LogP contribution in [0.3, 0.4) is 0 Å². The molecule has 7 nitrogen and oxygen atoms in total. The van der Waals surface area contributed by atoms with Gasteiger partial charge in [0.1, 0.15) is 18.3 Å². The molecule has 0 bridgehead atoms. The lowest BCUT2D eigenvalue weighted by molar-refractivity contribution is -0.239. The third-order valence-corrected chi connectivity index (χ3v) is 4.80. The number of benzene rings is 1. The first-order chi connectivity index (χ1) is 13.4. The zero-order valence-electron chi connectivity index (χ0n) is 15.6. The second kappa shape index (κ2) is 8.15. The predicted octanol–water partition coefficient (Wildman–Crippen LogP) is -0.656. The molecule has 3 rings (SSSR count). The summed E-state index contributed by atoms with van der Waals surface area (Å²) in [5.41, 5.74) is -0.0758. The Balaban J connectivity index is 2.00. The number of aliphatic hydroxyl groups excluding tert-OH is 3. The first-order valence-corrected chi connectivity index (χ1v) is 8.80. The van der Waals surface area contributed by atoms with Gasteiger partial charge in [-0.25, -0.2) is 0 Å². The smallest absolute Gasteiger partial charge is 0.191 e. The van der Waals surface area contributed by atoms with E-state index >= 15 is 0 Å². The van der Waals surface area contributed by atoms with E-state index in [9.17, 15) is 20.4 Å². The van der Waals surface area contributed by atoms with Crippen LogP contribution in [0.5, 0.6) is 0 Å². The topological polar surface area (TPSA) is 108 Å². The molecule has 0 unspecified atom stereocenters. The Hall–Kier alpha value is -2.65. The molecule has 0 saturated carbocycles. The zero-order valence-corrected chi connectivity index (χ0v) is 15.6. The number of ether oxygens (including phenoxy) is 1. The lowest BCUT2D eigenvalue weighted by atomic mass is 9.82. The molecule has 0 spiro atoms. The largest absolute Gasteiger partial charge is 0.394 e. The van der Waals surface area contributed by atoms with Gasteiger partial charge in [0.2, 0.25) is 0 Å². The molecule has 1 saturated heterocycles. The fourth-order valence-corrected chi connectivity index (χ4v) is 2.87. The molecule has 4 N–H and O–H groups in total. The van der Waals surface area contributed by atoms with Gasteiger partial charge in [0, 0.05) is 12.6 Å². The number of rotatable bonds is 1. The molecule has 28 heavy (non-hydrogen) atoms. The van der Waals surface area contributed by atoms with Gasteiger partial charge in [-0.2, -0.15) is 5.10 Å². The summed E-state index contributed by atoms with van der Waals surface area (Å²) >= 11 is 0. The van der Waals surface area contributed by atoms with Crippen molar-refractivity contribution in [3.8, 4) is 23.7 Å². The third kappa shape index (κ3) is 3.81. The van der Waals surface area contributed by atoms with Crippen LogP contribution in [0.15, 0.2) is 36.5 Å². The monoisotopic (exact) mass is 382 g/mol. The molecule has 2 heterocycles. The van der Waals surface area contributed by atoms with E-state index in [4.69, 9.17) is 4.74 Å². The highest BCUT2D eigenvalue weighted by molar-refractivity contribution is 5.42. The Bertz CT molecular complexity index is 950. The Morgan fingerprint density at radius 3 is 2.54 bits per heavy atom. The van der Waals surface area contributed by atoms with Crippen LogP contribution in [-0.4, -0.2) is 66.8 Å². The van der Waals surface area contributed by atoms with Crippen molar-refractivity contribution < 1.29 is 25.2 Å². The number of hydrogen-bond donors (Lipinski definition) is 4. The Kier molecular flexibility index (Phi) is 5.85. The summed E-state index contributed by atoms with van der Waals surface area (Å²) in [7, 11) is 1.78. The van der Waals surface area contributed by atoms with E-state index in [1.807, 2.05) is 13.0 Å². The van der Waals surface area contributed by atoms with E-state index in [-0.39, 0.29) is 0 Å². The minimum absolute atomic E-state index is 0.537. The van der Waals surface area contributed by atoms with E-state index < -0.39 is 36.6 Å². The predicted molar refractivity (Wildman–Crippen MR) is 101 cm³/mol. The molecule has 0 radical (unpaired) electrons. The Morgan fingerprint density at radius 1 is 1.21 bits per heavy atom. The van der Waals surface area contributed by atoms with Gasteiger partial charge in [0.25, 0.3) is 0 Å². The van der Waals surface area contributed by atoms with Crippen LogP contribution in [0.25, 0.3) is 0 Å². The lowest BCUT2D eigenvalue weighted by Gasteiger charge is -2.43. The van der Waals surface area contributed by atoms with Crippen LogP contribution in [0.1, 0.15) is 16.8 Å². The van der Waals surface area contributed by atoms with Crippen molar-refractivity contribution in [3.63, 3.8) is 0 Å². The summed E-state index contributed by atoms with van der Waals surface area (Å²) in [4.78, 5) is 0. The molecule has 1 aromatic heterocycles. The Labute approximate surface area is 163 Å². The summed E-state index contributed by atoms with van der Waals surface area (Å²) in [6, 6.07) is 8.92. The maximum atomic E-state index is 11.1. The van der Waals surface area contributed by atoms with Gasteiger partial charge in [-0.15, -0.1) is 0 Å². The fraction of sp³-hybridized carbons (Fsp3) is 0.381. The van der Waals surface area contributed by atoms with Crippen molar-refractivity contribution in [2.24, 2.45) is 7.05 Å². The highest BCUT2D eigenvalue weighted by Crippen LogP contribution is 2.30. The number of hydrogen-bond acceptors (Lipinski definition) is 6. The summed E-state index contributed by atoms with van der Waals surface area (Å²) in [6.45, 7) is 1.31. The maximum Gasteiger partial charge on any atom is 0.191 e. The van der Waals surface area contributed by atoms with Crippen molar-refractivity contribution in [2.45, 2.75) is 36.9 Å². The van der Waals surface area contributed by atoms with E-state index in [0.717, 1.165) is 5.69 Å². The average Bonchev–Trinajstić information content (AvgIpc) is 3.03. The van der Waals surface area contributed by atoms with Gasteiger partial charge in [-0.3, -0.25) is 4.68 Å². The second-order valence-electron chi connectivity index (χ2n) is 6.65. The van der Waals surface area contributed by atoms with Gasteiger partial charge < -0.3 is 25.2 Å². The van der Waals surface area contributed by atoms with E-state index in [2.05, 4.69) is 28.8 Å². The summed E-state index contributed by atoms with van der Waals surface area (Å²) < 4.78 is 7.23. The van der Waals surface area contributed by atoms with Gasteiger partial charge in [0.15, 0.2) is 11.7 Å². The molecule has 2 aromatic rings. The SMILES string of the molecule is Cc1c(C#C[C@H]2O[C@H](CO)[C@@H](O)[C@H](O)[C@@]2(O)C#Cc2ccccc2)cnn1C. The van der Waals surface area contributed by atoms with Crippen LogP contribution in [0, 0.1) is 30.6 Å². The lowest BCUT2D eigenvalue weighted by Crippen LogP contribution is -2.65. The highest BCUT2D eigenvalue weighted by atomic mass is 16.5. The first-order valence-electron chi connectivity index (χ1n) is 8.80. The van der Waals surface area contributed by atoms with Crippen molar-refractivity contribution >= 4 is 0 Å². The number of aryl methyl sites for hydroxylation is 1. The van der Waals surface area contributed by atoms with Crippen molar-refractivity contribution in [2.75, 3.05) is 6.61 Å². The van der Waals surface area contributed by atoms with Gasteiger partial charge >= 0.3 is 0 Å². The van der Waals surface area contributed by atoms with Gasteiger partial charge in [0.05, 0.1) is 24.1 Å². The zero-order chi connectivity index (χ0) is 20.3. The summed E-state index contributed by atoms with van der Waals surface area (Å²) in [5.74, 6) is 11.0. The van der Waals surface area contributed by atoms with Crippen LogP contribution >= 0.6 is 0 Å². The van der Waals surface area contributed by atoms with Crippen LogP contribution in [-0.2, 0) is 11.8 Å². The minimum Gasteiger partial charge on any atom is -0.394 e. The molecule has 1 aliphatic heterocycles. The number of nitrogens with zero attached hydrogens (tertiary/aromatic N) is 2. The fourth-order valence-electron chi connectivity index (χ4n) is 2.87. The molecule has 1 fully saturated rings. The number of aliphatic hydroxyl groups is 4. The molecule has 146 valence electrons. The maximum absolute atomic E-state index is 11.1. The van der Waals surface area contributed by atoms with Gasteiger partial charge in [-0.1, -0.05) is 41.9 Å². The molecule has 5 atom stereocenters. The van der Waals surface area contributed by atoms with Crippen molar-refractivity contribution in [3.05, 3.63) is 53.3 Å². The second-order valence-corrected chi connectivity index (χ2v) is 6.65. The normalized spacial score (nSPS) is 29.4. The first kappa shape index (κ1) is 20.1. The average molecular weight is 382 g/mol. The Morgan fingerprint density at radius 2 is 1.93 bits per heavy atom. The molecule has 0 amide bonds. The highest BCUT2D eigenvalue weighted by Gasteiger charge is 2.53. The molecule has 0 aliphatic carbocycles. The van der Waals surface area contributed by atoms with Gasteiger partial charge in [-0.05, 0) is 19.1 Å². The van der Waals surface area contributed by atoms with Crippen LogP contribution < -0.4 is 0 Å². The van der Waals surface area contributed by atoms with Crippen LogP contribution in [0.2, 0.25) is 0 Å². The van der Waals surface area contributed by atoms with E-state index in [1.54, 1.807) is 42.2 Å². The molecule has 1 aromatic carbocycles. The quantitative estimate of drug-likeness (QED) is 0.488. The van der Waals surface area contributed by atoms with E-state index in [1.165, 1.54) is 0 Å². The summed E-state index contributed by atoms with van der Waals surface area (Å²) in [5, 5.41) is 45.3.